The maximum absolute atomic E-state index is 12.4. The summed E-state index contributed by atoms with van der Waals surface area (Å²) in [7, 11) is -3.91. The number of nitrogens with zero attached hydrogens (tertiary/aromatic N) is 2. The van der Waals surface area contributed by atoms with Crippen molar-refractivity contribution in [1.29, 1.82) is 0 Å². The predicted molar refractivity (Wildman–Crippen MR) is 92.5 cm³/mol. The first-order valence-corrected chi connectivity index (χ1v) is 9.39. The third kappa shape index (κ3) is 3.41. The highest BCUT2D eigenvalue weighted by Gasteiger charge is 2.31. The average Bonchev–Trinajstić information content (AvgIpc) is 2.88. The number of sulfonamides is 1. The third-order valence-electron chi connectivity index (χ3n) is 3.09. The van der Waals surface area contributed by atoms with E-state index in [1.54, 1.807) is 24.3 Å². The fourth-order valence-electron chi connectivity index (χ4n) is 2.02. The van der Waals surface area contributed by atoms with Crippen molar-refractivity contribution in [3.05, 3.63) is 59.6 Å². The smallest absolute Gasteiger partial charge is 0.273 e. The van der Waals surface area contributed by atoms with Gasteiger partial charge in [-0.2, -0.15) is 8.42 Å². The Kier molecular flexibility index (Phi) is 4.43. The van der Waals surface area contributed by atoms with Crippen molar-refractivity contribution >= 4 is 50.1 Å². The third-order valence-corrected chi connectivity index (χ3v) is 5.66. The standard InChI is InChI=1S/C15H11ClN2O3S2/c16-11-6-8-13(9-7-11)23(20,21)17-15-18(14(19)10-22-15)12-4-2-1-3-5-12/h1-9H,10H2. The van der Waals surface area contributed by atoms with E-state index in [1.165, 1.54) is 29.2 Å². The first-order valence-electron chi connectivity index (χ1n) is 6.59. The molecule has 1 aliphatic heterocycles. The molecule has 0 aromatic heterocycles. The molecule has 8 heteroatoms. The number of anilines is 1. The van der Waals surface area contributed by atoms with E-state index in [0.29, 0.717) is 10.7 Å². The first kappa shape index (κ1) is 16.0. The molecule has 0 aliphatic carbocycles. The molecule has 0 unspecified atom stereocenters. The van der Waals surface area contributed by atoms with Gasteiger partial charge < -0.3 is 0 Å². The Morgan fingerprint density at radius 1 is 1.04 bits per heavy atom. The van der Waals surface area contributed by atoms with E-state index in [-0.39, 0.29) is 21.7 Å². The molecular weight excluding hydrogens is 356 g/mol. The summed E-state index contributed by atoms with van der Waals surface area (Å²) in [4.78, 5) is 13.4. The molecule has 1 fully saturated rings. The van der Waals surface area contributed by atoms with Crippen LogP contribution in [-0.4, -0.2) is 25.2 Å². The van der Waals surface area contributed by atoms with E-state index in [0.717, 1.165) is 11.8 Å². The molecule has 1 aliphatic rings. The number of rotatable bonds is 3. The number of carbonyl (C=O) groups is 1. The normalized spacial score (nSPS) is 17.0. The molecule has 0 bridgehead atoms. The van der Waals surface area contributed by atoms with Crippen LogP contribution in [0.1, 0.15) is 0 Å². The van der Waals surface area contributed by atoms with Crippen molar-refractivity contribution in [2.24, 2.45) is 4.40 Å². The van der Waals surface area contributed by atoms with Crippen molar-refractivity contribution in [3.8, 4) is 0 Å². The lowest BCUT2D eigenvalue weighted by Crippen LogP contribution is -2.29. The zero-order valence-corrected chi connectivity index (χ0v) is 14.1. The van der Waals surface area contributed by atoms with Crippen molar-refractivity contribution in [1.82, 2.24) is 0 Å². The molecule has 118 valence electrons. The second-order valence-corrected chi connectivity index (χ2v) is 7.64. The lowest BCUT2D eigenvalue weighted by atomic mass is 10.3. The maximum Gasteiger partial charge on any atom is 0.284 e. The van der Waals surface area contributed by atoms with Crippen molar-refractivity contribution in [2.45, 2.75) is 4.90 Å². The lowest BCUT2D eigenvalue weighted by Gasteiger charge is -2.15. The van der Waals surface area contributed by atoms with Crippen molar-refractivity contribution < 1.29 is 13.2 Å². The zero-order chi connectivity index (χ0) is 16.4. The Hall–Kier alpha value is -1.83. The topological polar surface area (TPSA) is 66.8 Å². The van der Waals surface area contributed by atoms with E-state index in [9.17, 15) is 13.2 Å². The summed E-state index contributed by atoms with van der Waals surface area (Å²) < 4.78 is 28.6. The number of carbonyl (C=O) groups excluding carboxylic acids is 1. The number of hydrogen-bond acceptors (Lipinski definition) is 4. The Morgan fingerprint density at radius 2 is 1.70 bits per heavy atom. The minimum atomic E-state index is -3.91. The van der Waals surface area contributed by atoms with Gasteiger partial charge in [-0.25, -0.2) is 0 Å². The van der Waals surface area contributed by atoms with Gasteiger partial charge in [-0.15, -0.1) is 4.40 Å². The summed E-state index contributed by atoms with van der Waals surface area (Å²) >= 11 is 6.87. The number of amides is 1. The summed E-state index contributed by atoms with van der Waals surface area (Å²) in [5.41, 5.74) is 0.590. The zero-order valence-electron chi connectivity index (χ0n) is 11.7. The van der Waals surface area contributed by atoms with Crippen molar-refractivity contribution in [2.75, 3.05) is 10.7 Å². The molecule has 0 radical (unpaired) electrons. The SMILES string of the molecule is O=C1CSC(=NS(=O)(=O)c2ccc(Cl)cc2)N1c1ccccc1. The summed E-state index contributed by atoms with van der Waals surface area (Å²) in [5.74, 6) is -0.0459. The van der Waals surface area contributed by atoms with Gasteiger partial charge in [-0.3, -0.25) is 9.69 Å². The molecule has 1 saturated heterocycles. The van der Waals surface area contributed by atoms with Crippen LogP contribution in [0, 0.1) is 0 Å². The van der Waals surface area contributed by atoms with Gasteiger partial charge in [-0.1, -0.05) is 41.6 Å². The van der Waals surface area contributed by atoms with Gasteiger partial charge in [0.1, 0.15) is 0 Å². The molecule has 1 amide bonds. The van der Waals surface area contributed by atoms with Crippen LogP contribution in [0.4, 0.5) is 5.69 Å². The van der Waals surface area contributed by atoms with Gasteiger partial charge in [0.05, 0.1) is 16.3 Å². The first-order chi connectivity index (χ1) is 11.0. The number of hydrogen-bond donors (Lipinski definition) is 0. The molecule has 3 rings (SSSR count). The second kappa shape index (κ2) is 6.35. The number of thioether (sulfide) groups is 1. The molecule has 0 atom stereocenters. The Morgan fingerprint density at radius 3 is 2.35 bits per heavy atom. The number of halogens is 1. The van der Waals surface area contributed by atoms with Crippen LogP contribution in [-0.2, 0) is 14.8 Å². The number of benzene rings is 2. The fraction of sp³-hybridized carbons (Fsp3) is 0.0667. The largest absolute Gasteiger partial charge is 0.284 e. The fourth-order valence-corrected chi connectivity index (χ4v) is 4.24. The van der Waals surface area contributed by atoms with Gasteiger partial charge in [0.25, 0.3) is 10.0 Å². The van der Waals surface area contributed by atoms with Gasteiger partial charge in [0.15, 0.2) is 5.17 Å². The Labute approximate surface area is 143 Å². The van der Waals surface area contributed by atoms with Gasteiger partial charge in [0, 0.05) is 5.02 Å². The van der Waals surface area contributed by atoms with Gasteiger partial charge >= 0.3 is 0 Å². The van der Waals surface area contributed by atoms with Crippen LogP contribution in [0.25, 0.3) is 0 Å². The van der Waals surface area contributed by atoms with Crippen LogP contribution in [0.5, 0.6) is 0 Å². The van der Waals surface area contributed by atoms with Crippen LogP contribution in [0.15, 0.2) is 63.9 Å². The van der Waals surface area contributed by atoms with Crippen LogP contribution in [0.3, 0.4) is 0 Å². The maximum atomic E-state index is 12.4. The molecule has 23 heavy (non-hydrogen) atoms. The Balaban J connectivity index is 2.00. The van der Waals surface area contributed by atoms with Crippen molar-refractivity contribution in [3.63, 3.8) is 0 Å². The van der Waals surface area contributed by atoms with Gasteiger partial charge in [-0.05, 0) is 36.4 Å². The highest BCUT2D eigenvalue weighted by molar-refractivity contribution is 8.16. The summed E-state index contributed by atoms with van der Waals surface area (Å²) in [6.45, 7) is 0. The minimum Gasteiger partial charge on any atom is -0.273 e. The highest BCUT2D eigenvalue weighted by Crippen LogP contribution is 2.28. The molecule has 0 N–H and O–H groups in total. The van der Waals surface area contributed by atoms with E-state index < -0.39 is 10.0 Å². The molecule has 1 heterocycles. The molecule has 2 aromatic carbocycles. The van der Waals surface area contributed by atoms with Crippen LogP contribution >= 0.6 is 23.4 Å². The molecular formula is C15H11ClN2O3S2. The van der Waals surface area contributed by atoms with Gasteiger partial charge in [0.2, 0.25) is 5.91 Å². The number of para-hydroxylation sites is 1. The highest BCUT2D eigenvalue weighted by atomic mass is 35.5. The molecule has 5 nitrogen and oxygen atoms in total. The van der Waals surface area contributed by atoms with Crippen LogP contribution < -0.4 is 4.90 Å². The Bertz CT molecular complexity index is 865. The lowest BCUT2D eigenvalue weighted by molar-refractivity contribution is -0.115. The molecule has 2 aromatic rings. The average molecular weight is 367 g/mol. The van der Waals surface area contributed by atoms with E-state index >= 15 is 0 Å². The predicted octanol–water partition coefficient (Wildman–Crippen LogP) is 3.16. The monoisotopic (exact) mass is 366 g/mol. The second-order valence-electron chi connectivity index (χ2n) is 4.66. The summed E-state index contributed by atoms with van der Waals surface area (Å²) in [6.07, 6.45) is 0. The summed E-state index contributed by atoms with van der Waals surface area (Å²) in [6, 6.07) is 14.6. The number of amidine groups is 1. The minimum absolute atomic E-state index is 0.0300. The van der Waals surface area contributed by atoms with E-state index in [4.69, 9.17) is 11.6 Å². The molecule has 0 spiro atoms. The quantitative estimate of drug-likeness (QED) is 0.836. The van der Waals surface area contributed by atoms with E-state index in [2.05, 4.69) is 4.40 Å². The van der Waals surface area contributed by atoms with E-state index in [1.807, 2.05) is 6.07 Å². The summed E-state index contributed by atoms with van der Waals surface area (Å²) in [5, 5.41) is 0.587. The van der Waals surface area contributed by atoms with Crippen LogP contribution in [0.2, 0.25) is 5.02 Å². The molecule has 0 saturated carbocycles.